The molecule has 0 aromatic carbocycles. The first-order valence-electron chi connectivity index (χ1n) is 10.1. The number of nitrogens with two attached hydrogens (primary N) is 3. The van der Waals surface area contributed by atoms with Crippen LogP contribution in [0.5, 0.6) is 0 Å². The fourth-order valence-corrected chi connectivity index (χ4v) is 2.68. The number of imidazole rings is 1. The molecule has 3 amide bonds. The molecule has 0 aliphatic carbocycles. The first-order valence-corrected chi connectivity index (χ1v) is 10.1. The number of carbonyl (C=O) groups is 4. The second kappa shape index (κ2) is 13.6. The summed E-state index contributed by atoms with van der Waals surface area (Å²) in [6.07, 6.45) is 2.24. The van der Waals surface area contributed by atoms with Gasteiger partial charge in [0.05, 0.1) is 25.0 Å². The smallest absolute Gasteiger partial charge is 0.328 e. The van der Waals surface area contributed by atoms with Crippen LogP contribution in [0.25, 0.3) is 0 Å². The Hall–Kier alpha value is -3.72. The summed E-state index contributed by atoms with van der Waals surface area (Å²) in [6, 6.07) is -3.56. The molecule has 15 nitrogen and oxygen atoms in total. The minimum absolute atomic E-state index is 0.121. The normalized spacial score (nSPS) is 14.3. The highest BCUT2D eigenvalue weighted by Crippen LogP contribution is 2.02. The van der Waals surface area contributed by atoms with Gasteiger partial charge in [0, 0.05) is 24.9 Å². The van der Waals surface area contributed by atoms with E-state index >= 15 is 0 Å². The van der Waals surface area contributed by atoms with Crippen molar-refractivity contribution in [3.63, 3.8) is 0 Å². The molecule has 1 heterocycles. The Labute approximate surface area is 189 Å². The molecule has 0 saturated heterocycles. The second-order valence-corrected chi connectivity index (χ2v) is 7.24. The van der Waals surface area contributed by atoms with Gasteiger partial charge in [0.25, 0.3) is 0 Å². The predicted octanol–water partition coefficient (Wildman–Crippen LogP) is -4.12. The monoisotopic (exact) mass is 469 g/mol. The van der Waals surface area contributed by atoms with E-state index in [0.29, 0.717) is 12.1 Å². The number of aromatic nitrogens is 2. The number of carboxylic acid groups (broad SMARTS) is 1. The van der Waals surface area contributed by atoms with Gasteiger partial charge in [-0.2, -0.15) is 0 Å². The maximum Gasteiger partial charge on any atom is 0.328 e. The van der Waals surface area contributed by atoms with E-state index in [2.05, 4.69) is 30.9 Å². The van der Waals surface area contributed by atoms with E-state index in [1.165, 1.54) is 19.4 Å². The summed E-state index contributed by atoms with van der Waals surface area (Å²) >= 11 is 0. The van der Waals surface area contributed by atoms with Gasteiger partial charge in [-0.25, -0.2) is 9.78 Å². The quantitative estimate of drug-likeness (QED) is 0.0721. The molecule has 184 valence electrons. The van der Waals surface area contributed by atoms with Gasteiger partial charge in [-0.1, -0.05) is 0 Å². The molecule has 1 aromatic heterocycles. The number of H-pyrrole nitrogens is 1. The molecule has 4 atom stereocenters. The molecule has 12 N–H and O–H groups in total. The largest absolute Gasteiger partial charge is 0.480 e. The fourth-order valence-electron chi connectivity index (χ4n) is 2.68. The van der Waals surface area contributed by atoms with Crippen LogP contribution in [0.1, 0.15) is 25.5 Å². The molecule has 0 bridgehead atoms. The van der Waals surface area contributed by atoms with E-state index in [0.717, 1.165) is 0 Å². The summed E-state index contributed by atoms with van der Waals surface area (Å²) in [5, 5.41) is 25.4. The number of aliphatic hydroxyl groups excluding tert-OH is 1. The third-order valence-corrected chi connectivity index (χ3v) is 4.40. The van der Waals surface area contributed by atoms with Gasteiger partial charge in [0.15, 0.2) is 12.0 Å². The zero-order valence-electron chi connectivity index (χ0n) is 18.2. The summed E-state index contributed by atoms with van der Waals surface area (Å²) in [4.78, 5) is 58.6. The number of amides is 3. The Kier molecular flexibility index (Phi) is 11.3. The number of rotatable bonds is 14. The minimum Gasteiger partial charge on any atom is -0.480 e. The van der Waals surface area contributed by atoms with Crippen molar-refractivity contribution in [1.82, 2.24) is 25.9 Å². The SMILES string of the molecule is CC(O)C(NC(=O)CNC(=O)C(CCCN=C(N)N)NC(=O)C(N)Cc1cnc[nH]1)C(=O)O. The predicted molar refractivity (Wildman–Crippen MR) is 116 cm³/mol. The topological polar surface area (TPSA) is 264 Å². The number of nitrogens with zero attached hydrogens (tertiary/aromatic N) is 2. The van der Waals surface area contributed by atoms with Gasteiger partial charge >= 0.3 is 5.97 Å². The number of aliphatic hydroxyl groups is 1. The molecule has 0 aliphatic rings. The van der Waals surface area contributed by atoms with Crippen LogP contribution < -0.4 is 33.2 Å². The molecule has 0 radical (unpaired) electrons. The molecule has 0 spiro atoms. The summed E-state index contributed by atoms with van der Waals surface area (Å²) in [5.41, 5.74) is 17.1. The number of carbonyl (C=O) groups excluding carboxylic acids is 3. The number of aliphatic carboxylic acids is 1. The van der Waals surface area contributed by atoms with E-state index in [1.807, 2.05) is 0 Å². The maximum absolute atomic E-state index is 12.6. The van der Waals surface area contributed by atoms with Crippen LogP contribution in [0.15, 0.2) is 17.5 Å². The lowest BCUT2D eigenvalue weighted by Crippen LogP contribution is -2.54. The van der Waals surface area contributed by atoms with Crippen LogP contribution >= 0.6 is 0 Å². The number of nitrogens with one attached hydrogen (secondary N) is 4. The van der Waals surface area contributed by atoms with Crippen molar-refractivity contribution >= 4 is 29.7 Å². The van der Waals surface area contributed by atoms with Gasteiger partial charge in [0.2, 0.25) is 17.7 Å². The Balaban J connectivity index is 2.71. The van der Waals surface area contributed by atoms with Gasteiger partial charge in [-0.3, -0.25) is 19.4 Å². The van der Waals surface area contributed by atoms with Gasteiger partial charge in [0.1, 0.15) is 6.04 Å². The lowest BCUT2D eigenvalue weighted by Gasteiger charge is -2.21. The Morgan fingerprint density at radius 1 is 1.21 bits per heavy atom. The lowest BCUT2D eigenvalue weighted by molar-refractivity contribution is -0.144. The third-order valence-electron chi connectivity index (χ3n) is 4.40. The number of carboxylic acids is 1. The molecule has 0 saturated carbocycles. The van der Waals surface area contributed by atoms with Crippen molar-refractivity contribution in [3.05, 3.63) is 18.2 Å². The first-order chi connectivity index (χ1) is 15.5. The van der Waals surface area contributed by atoms with Gasteiger partial charge in [-0.05, 0) is 19.8 Å². The highest BCUT2D eigenvalue weighted by Gasteiger charge is 2.27. The Morgan fingerprint density at radius 3 is 2.45 bits per heavy atom. The molecule has 0 fully saturated rings. The van der Waals surface area contributed by atoms with Gasteiger partial charge in [-0.15, -0.1) is 0 Å². The highest BCUT2D eigenvalue weighted by atomic mass is 16.4. The van der Waals surface area contributed by atoms with Crippen LogP contribution in [0.3, 0.4) is 0 Å². The van der Waals surface area contributed by atoms with Crippen molar-refractivity contribution in [1.29, 1.82) is 0 Å². The number of aromatic amines is 1. The van der Waals surface area contributed by atoms with Crippen molar-refractivity contribution in [2.24, 2.45) is 22.2 Å². The average molecular weight is 470 g/mol. The molecule has 4 unspecified atom stereocenters. The van der Waals surface area contributed by atoms with Crippen LogP contribution in [0.4, 0.5) is 0 Å². The molecular weight excluding hydrogens is 438 g/mol. The number of aliphatic imine (C=N–C) groups is 1. The molecule has 1 aromatic rings. The van der Waals surface area contributed by atoms with E-state index in [4.69, 9.17) is 22.3 Å². The summed E-state index contributed by atoms with van der Waals surface area (Å²) < 4.78 is 0. The van der Waals surface area contributed by atoms with Crippen molar-refractivity contribution in [2.75, 3.05) is 13.1 Å². The minimum atomic E-state index is -1.54. The van der Waals surface area contributed by atoms with Crippen molar-refractivity contribution < 1.29 is 29.4 Å². The zero-order valence-corrected chi connectivity index (χ0v) is 18.2. The fraction of sp³-hybridized carbons (Fsp3) is 0.556. The molecular formula is C18H31N9O6. The zero-order chi connectivity index (χ0) is 25.0. The lowest BCUT2D eigenvalue weighted by atomic mass is 10.1. The van der Waals surface area contributed by atoms with Crippen molar-refractivity contribution in [3.8, 4) is 0 Å². The van der Waals surface area contributed by atoms with Crippen LogP contribution in [-0.2, 0) is 25.6 Å². The first kappa shape index (κ1) is 27.3. The summed E-state index contributed by atoms with van der Waals surface area (Å²) in [5.74, 6) is -3.68. The van der Waals surface area contributed by atoms with E-state index in [9.17, 15) is 24.3 Å². The second-order valence-electron chi connectivity index (χ2n) is 7.24. The standard InChI is InChI=1S/C18H31N9O6/c1-9(28)14(17(32)33)27-13(29)7-24-16(31)12(3-2-4-23-18(20)21)26-15(30)11(19)5-10-6-22-8-25-10/h6,8-9,11-12,14,28H,2-5,7,19H2,1H3,(H,22,25)(H,24,31)(H,26,30)(H,27,29)(H,32,33)(H4,20,21,23). The summed E-state index contributed by atoms with van der Waals surface area (Å²) in [6.45, 7) is 0.833. The van der Waals surface area contributed by atoms with Crippen LogP contribution in [0.2, 0.25) is 0 Å². The molecule has 33 heavy (non-hydrogen) atoms. The van der Waals surface area contributed by atoms with Crippen molar-refractivity contribution in [2.45, 2.75) is 50.4 Å². The Morgan fingerprint density at radius 2 is 1.91 bits per heavy atom. The van der Waals surface area contributed by atoms with Crippen LogP contribution in [0, 0.1) is 0 Å². The van der Waals surface area contributed by atoms with Gasteiger partial charge < -0.3 is 48.3 Å². The molecule has 15 heteroatoms. The average Bonchev–Trinajstić information content (AvgIpc) is 3.24. The molecule has 0 aliphatic heterocycles. The maximum atomic E-state index is 12.6. The van der Waals surface area contributed by atoms with Crippen LogP contribution in [-0.4, -0.2) is 87.2 Å². The van der Waals surface area contributed by atoms with E-state index in [1.54, 1.807) is 0 Å². The number of hydrogen-bond donors (Lipinski definition) is 9. The van der Waals surface area contributed by atoms with E-state index in [-0.39, 0.29) is 25.3 Å². The number of hydrogen-bond acceptors (Lipinski definition) is 8. The van der Waals surface area contributed by atoms with E-state index < -0.39 is 54.5 Å². The Bertz CT molecular complexity index is 823. The third kappa shape index (κ3) is 10.4. The molecule has 1 rings (SSSR count). The number of guanidine groups is 1. The summed E-state index contributed by atoms with van der Waals surface area (Å²) in [7, 11) is 0. The highest BCUT2D eigenvalue weighted by molar-refractivity contribution is 5.92.